The fraction of sp³-hybridized carbons (Fsp3) is 0.467. The lowest BCUT2D eigenvalue weighted by Crippen LogP contribution is -2.38. The molecular weight excluding hydrogens is 226 g/mol. The van der Waals surface area contributed by atoms with Gasteiger partial charge in [0.15, 0.2) is 0 Å². The average molecular weight is 247 g/mol. The first-order chi connectivity index (χ1) is 8.88. The lowest BCUT2D eigenvalue weighted by atomic mass is 10.2. The monoisotopic (exact) mass is 247 g/mol. The van der Waals surface area contributed by atoms with Crippen LogP contribution in [-0.2, 0) is 4.74 Å². The van der Waals surface area contributed by atoms with Gasteiger partial charge in [-0.15, -0.1) is 0 Å². The third-order valence-corrected chi connectivity index (χ3v) is 3.02. The van der Waals surface area contributed by atoms with Crippen LogP contribution in [0.5, 0.6) is 5.75 Å². The Morgan fingerprint density at radius 3 is 2.61 bits per heavy atom. The molecule has 1 aliphatic rings. The second kappa shape index (κ2) is 7.19. The largest absolute Gasteiger partial charge is 0.492 e. The summed E-state index contributed by atoms with van der Waals surface area (Å²) >= 11 is 0. The summed E-state index contributed by atoms with van der Waals surface area (Å²) < 4.78 is 11.0. The molecule has 0 spiro atoms. The van der Waals surface area contributed by atoms with Crippen molar-refractivity contribution in [2.24, 2.45) is 0 Å². The number of benzene rings is 1. The minimum atomic E-state index is 0.739. The summed E-state index contributed by atoms with van der Waals surface area (Å²) in [5, 5.41) is 0. The molecule has 0 unspecified atom stereocenters. The minimum Gasteiger partial charge on any atom is -0.492 e. The van der Waals surface area contributed by atoms with Crippen molar-refractivity contribution in [2.45, 2.75) is 6.92 Å². The molecule has 1 saturated heterocycles. The van der Waals surface area contributed by atoms with Gasteiger partial charge in [-0.1, -0.05) is 24.3 Å². The summed E-state index contributed by atoms with van der Waals surface area (Å²) in [7, 11) is 0. The molecule has 18 heavy (non-hydrogen) atoms. The molecule has 1 aliphatic heterocycles. The molecule has 3 heteroatoms. The van der Waals surface area contributed by atoms with E-state index in [4.69, 9.17) is 9.47 Å². The molecule has 1 aromatic rings. The van der Waals surface area contributed by atoms with Gasteiger partial charge < -0.3 is 9.47 Å². The van der Waals surface area contributed by atoms with Crippen molar-refractivity contribution < 1.29 is 9.47 Å². The maximum absolute atomic E-state index is 5.74. The Morgan fingerprint density at radius 1 is 1.22 bits per heavy atom. The summed E-state index contributed by atoms with van der Waals surface area (Å²) in [4.78, 5) is 2.37. The molecule has 0 aromatic heterocycles. The maximum atomic E-state index is 5.74. The van der Waals surface area contributed by atoms with Gasteiger partial charge in [0.05, 0.1) is 13.2 Å². The number of morpholine rings is 1. The highest BCUT2D eigenvalue weighted by Gasteiger charge is 2.09. The highest BCUT2D eigenvalue weighted by atomic mass is 16.5. The Morgan fingerprint density at radius 2 is 1.94 bits per heavy atom. The fourth-order valence-corrected chi connectivity index (χ4v) is 1.98. The summed E-state index contributed by atoms with van der Waals surface area (Å²) in [5.74, 6) is 0.941. The predicted molar refractivity (Wildman–Crippen MR) is 73.9 cm³/mol. The summed E-state index contributed by atoms with van der Waals surface area (Å²) in [6.07, 6.45) is 4.12. The molecule has 0 N–H and O–H groups in total. The van der Waals surface area contributed by atoms with Crippen LogP contribution in [0.25, 0.3) is 6.08 Å². The van der Waals surface area contributed by atoms with Gasteiger partial charge >= 0.3 is 0 Å². The van der Waals surface area contributed by atoms with Crippen LogP contribution in [-0.4, -0.2) is 44.4 Å². The summed E-state index contributed by atoms with van der Waals surface area (Å²) in [6, 6.07) is 8.19. The van der Waals surface area contributed by atoms with Gasteiger partial charge in [-0.05, 0) is 24.6 Å². The van der Waals surface area contributed by atoms with Gasteiger partial charge in [-0.3, -0.25) is 4.90 Å². The van der Waals surface area contributed by atoms with E-state index in [1.54, 1.807) is 0 Å². The first-order valence-corrected chi connectivity index (χ1v) is 6.54. The highest BCUT2D eigenvalue weighted by Crippen LogP contribution is 2.13. The molecule has 0 amide bonds. The zero-order valence-corrected chi connectivity index (χ0v) is 11.0. The van der Waals surface area contributed by atoms with Crippen molar-refractivity contribution in [1.82, 2.24) is 4.90 Å². The molecular formula is C15H21NO2. The maximum Gasteiger partial charge on any atom is 0.119 e. The number of rotatable bonds is 5. The lowest BCUT2D eigenvalue weighted by molar-refractivity contribution is 0.0322. The van der Waals surface area contributed by atoms with E-state index in [0.29, 0.717) is 0 Å². The van der Waals surface area contributed by atoms with E-state index in [9.17, 15) is 0 Å². The van der Waals surface area contributed by atoms with Crippen molar-refractivity contribution in [3.63, 3.8) is 0 Å². The van der Waals surface area contributed by atoms with Gasteiger partial charge in [0.25, 0.3) is 0 Å². The number of hydrogen-bond donors (Lipinski definition) is 0. The average Bonchev–Trinajstić information content (AvgIpc) is 2.42. The Hall–Kier alpha value is -1.32. The minimum absolute atomic E-state index is 0.739. The molecule has 0 atom stereocenters. The summed E-state index contributed by atoms with van der Waals surface area (Å²) in [5.41, 5.74) is 1.21. The van der Waals surface area contributed by atoms with E-state index in [1.165, 1.54) is 5.56 Å². The van der Waals surface area contributed by atoms with Gasteiger partial charge in [0.2, 0.25) is 0 Å². The molecule has 1 fully saturated rings. The second-order valence-corrected chi connectivity index (χ2v) is 4.37. The van der Waals surface area contributed by atoms with Crippen LogP contribution in [0.2, 0.25) is 0 Å². The van der Waals surface area contributed by atoms with E-state index >= 15 is 0 Å². The highest BCUT2D eigenvalue weighted by molar-refractivity contribution is 5.50. The summed E-state index contributed by atoms with van der Waals surface area (Å²) in [6.45, 7) is 7.46. The fourth-order valence-electron chi connectivity index (χ4n) is 1.98. The Bertz CT molecular complexity index is 367. The van der Waals surface area contributed by atoms with Gasteiger partial charge in [0, 0.05) is 19.6 Å². The van der Waals surface area contributed by atoms with Crippen LogP contribution in [0.15, 0.2) is 30.3 Å². The van der Waals surface area contributed by atoms with Gasteiger partial charge in [-0.2, -0.15) is 0 Å². The Balaban J connectivity index is 1.72. The standard InChI is InChI=1S/C15H21NO2/c1-2-3-14-4-6-15(7-5-14)18-13-10-16-8-11-17-12-9-16/h2-7H,8-13H2,1H3/b3-2+. The van der Waals surface area contributed by atoms with Crippen molar-refractivity contribution in [3.8, 4) is 5.75 Å². The molecule has 0 aliphatic carbocycles. The smallest absolute Gasteiger partial charge is 0.119 e. The van der Waals surface area contributed by atoms with Crippen molar-refractivity contribution in [1.29, 1.82) is 0 Å². The molecule has 2 rings (SSSR count). The van der Waals surface area contributed by atoms with Crippen LogP contribution in [0.4, 0.5) is 0 Å². The van der Waals surface area contributed by atoms with E-state index in [0.717, 1.165) is 45.2 Å². The van der Waals surface area contributed by atoms with E-state index < -0.39 is 0 Å². The van der Waals surface area contributed by atoms with Gasteiger partial charge in [0.1, 0.15) is 12.4 Å². The van der Waals surface area contributed by atoms with Crippen molar-refractivity contribution in [2.75, 3.05) is 39.5 Å². The molecule has 1 aromatic carbocycles. The van der Waals surface area contributed by atoms with Crippen molar-refractivity contribution >= 4 is 6.08 Å². The van der Waals surface area contributed by atoms with Crippen LogP contribution >= 0.6 is 0 Å². The first kappa shape index (κ1) is 13.1. The van der Waals surface area contributed by atoms with E-state index in [-0.39, 0.29) is 0 Å². The molecule has 0 radical (unpaired) electrons. The number of ether oxygens (including phenoxy) is 2. The molecule has 98 valence electrons. The Kier molecular flexibility index (Phi) is 5.24. The zero-order valence-electron chi connectivity index (χ0n) is 11.0. The molecule has 0 saturated carbocycles. The molecule has 3 nitrogen and oxygen atoms in total. The van der Waals surface area contributed by atoms with Crippen LogP contribution in [0, 0.1) is 0 Å². The van der Waals surface area contributed by atoms with Crippen LogP contribution in [0.3, 0.4) is 0 Å². The number of nitrogens with zero attached hydrogens (tertiary/aromatic N) is 1. The lowest BCUT2D eigenvalue weighted by Gasteiger charge is -2.26. The Labute approximate surface area is 109 Å². The molecule has 1 heterocycles. The van der Waals surface area contributed by atoms with Crippen molar-refractivity contribution in [3.05, 3.63) is 35.9 Å². The molecule has 0 bridgehead atoms. The third kappa shape index (κ3) is 4.17. The zero-order chi connectivity index (χ0) is 12.6. The SMILES string of the molecule is C/C=C/c1ccc(OCCN2CCOCC2)cc1. The van der Waals surface area contributed by atoms with E-state index in [1.807, 2.05) is 25.1 Å². The quantitative estimate of drug-likeness (QED) is 0.797. The predicted octanol–water partition coefficient (Wildman–Crippen LogP) is 2.43. The number of allylic oxidation sites excluding steroid dienone is 1. The second-order valence-electron chi connectivity index (χ2n) is 4.37. The third-order valence-electron chi connectivity index (χ3n) is 3.02. The topological polar surface area (TPSA) is 21.7 Å². The number of hydrogen-bond acceptors (Lipinski definition) is 3. The van der Waals surface area contributed by atoms with Gasteiger partial charge in [-0.25, -0.2) is 0 Å². The van der Waals surface area contributed by atoms with Crippen LogP contribution < -0.4 is 4.74 Å². The van der Waals surface area contributed by atoms with Crippen LogP contribution in [0.1, 0.15) is 12.5 Å². The van der Waals surface area contributed by atoms with E-state index in [2.05, 4.69) is 23.1 Å². The normalized spacial score (nSPS) is 17.2. The first-order valence-electron chi connectivity index (χ1n) is 6.54.